The molecule has 1 rings (SSSR count). The van der Waals surface area contributed by atoms with Gasteiger partial charge in [0.1, 0.15) is 4.90 Å². The Kier molecular flexibility index (Phi) is 3.97. The van der Waals surface area contributed by atoms with Gasteiger partial charge in [0.25, 0.3) is 18.6 Å². The van der Waals surface area contributed by atoms with Crippen molar-refractivity contribution in [1.29, 1.82) is 0 Å². The molecule has 0 saturated carbocycles. The van der Waals surface area contributed by atoms with Crippen LogP contribution in [0.3, 0.4) is 0 Å². The van der Waals surface area contributed by atoms with Crippen LogP contribution in [0.25, 0.3) is 0 Å². The Morgan fingerprint density at radius 3 is 2.47 bits per heavy atom. The third-order valence-corrected chi connectivity index (χ3v) is 2.45. The summed E-state index contributed by atoms with van der Waals surface area (Å²) in [6.07, 6.45) is 0. The van der Waals surface area contributed by atoms with Gasteiger partial charge in [-0.3, -0.25) is 10.1 Å². The van der Waals surface area contributed by atoms with Crippen LogP contribution in [0.5, 0.6) is 5.75 Å². The van der Waals surface area contributed by atoms with Crippen LogP contribution in [-0.2, 0) is 14.8 Å². The molecule has 0 aromatic heterocycles. The molecule has 0 radical (unpaired) electrons. The molecule has 0 fully saturated rings. The predicted octanol–water partition coefficient (Wildman–Crippen LogP) is 0.422. The molecular formula is C6H8NO6PS. The van der Waals surface area contributed by atoms with Gasteiger partial charge < -0.3 is 9.78 Å². The summed E-state index contributed by atoms with van der Waals surface area (Å²) in [7, 11) is -6.67. The summed E-state index contributed by atoms with van der Waals surface area (Å²) in [5.41, 5.74) is 4.86. The molecule has 84 valence electrons. The van der Waals surface area contributed by atoms with Crippen molar-refractivity contribution in [3.63, 3.8) is 0 Å². The summed E-state index contributed by atoms with van der Waals surface area (Å²) in [6.45, 7) is 0. The largest absolute Gasteiger partial charge is 0.336 e. The Bertz CT molecular complexity index is 433. The Balaban J connectivity index is 2.98. The molecule has 1 atom stereocenters. The quantitative estimate of drug-likeness (QED) is 0.308. The minimum atomic E-state index is -4.40. The van der Waals surface area contributed by atoms with Crippen LogP contribution in [0, 0.1) is 0 Å². The standard InChI is InChI=1S/C6H8NO6PS/c7-14(8)13-12-5-3-1-2-4-6(5)15(9,10)11/h1-4,8H,7H2,(H,9,10,11). The van der Waals surface area contributed by atoms with E-state index in [1.165, 1.54) is 18.2 Å². The van der Waals surface area contributed by atoms with E-state index in [0.717, 1.165) is 6.07 Å². The van der Waals surface area contributed by atoms with Crippen LogP contribution in [-0.4, -0.2) is 17.9 Å². The monoisotopic (exact) mass is 253 g/mol. The lowest BCUT2D eigenvalue weighted by atomic mass is 10.3. The van der Waals surface area contributed by atoms with Crippen LogP contribution in [0.1, 0.15) is 0 Å². The fourth-order valence-electron chi connectivity index (χ4n) is 0.810. The van der Waals surface area contributed by atoms with Gasteiger partial charge in [0.05, 0.1) is 0 Å². The number of nitrogens with two attached hydrogens (primary N) is 1. The smallest absolute Gasteiger partial charge is 0.298 e. The second-order valence-corrected chi connectivity index (χ2v) is 4.53. The SMILES string of the molecule is NP(O)OOc1ccccc1S(=O)(=O)O. The van der Waals surface area contributed by atoms with Gasteiger partial charge in [-0.05, 0) is 12.1 Å². The highest BCUT2D eigenvalue weighted by molar-refractivity contribution is 7.86. The summed E-state index contributed by atoms with van der Waals surface area (Å²) in [4.78, 5) is 12.6. The Labute approximate surface area is 87.1 Å². The molecule has 0 heterocycles. The Morgan fingerprint density at radius 1 is 1.33 bits per heavy atom. The average molecular weight is 253 g/mol. The van der Waals surface area contributed by atoms with Gasteiger partial charge in [-0.15, -0.1) is 4.67 Å². The molecule has 1 aromatic carbocycles. The molecule has 0 spiro atoms. The predicted molar refractivity (Wildman–Crippen MR) is 51.3 cm³/mol. The molecule has 7 nitrogen and oxygen atoms in total. The number of hydrogen-bond donors (Lipinski definition) is 3. The van der Waals surface area contributed by atoms with E-state index < -0.39 is 23.5 Å². The fraction of sp³-hybridized carbons (Fsp3) is 0. The lowest BCUT2D eigenvalue weighted by Crippen LogP contribution is -2.04. The van der Waals surface area contributed by atoms with Gasteiger partial charge in [-0.1, -0.05) is 12.1 Å². The molecule has 0 bridgehead atoms. The van der Waals surface area contributed by atoms with Crippen molar-refractivity contribution in [2.24, 2.45) is 5.50 Å². The van der Waals surface area contributed by atoms with E-state index in [2.05, 4.69) is 9.56 Å². The normalized spacial score (nSPS) is 13.5. The highest BCUT2D eigenvalue weighted by Crippen LogP contribution is 2.27. The van der Waals surface area contributed by atoms with Crippen LogP contribution >= 0.6 is 8.53 Å². The molecule has 15 heavy (non-hydrogen) atoms. The molecular weight excluding hydrogens is 245 g/mol. The maximum absolute atomic E-state index is 10.8. The van der Waals surface area contributed by atoms with Crippen molar-refractivity contribution < 1.29 is 27.4 Å². The highest BCUT2D eigenvalue weighted by Gasteiger charge is 2.17. The van der Waals surface area contributed by atoms with Crippen molar-refractivity contribution in [1.82, 2.24) is 0 Å². The molecule has 0 saturated heterocycles. The van der Waals surface area contributed by atoms with E-state index in [0.29, 0.717) is 0 Å². The van der Waals surface area contributed by atoms with Gasteiger partial charge in [-0.25, -0.2) is 0 Å². The van der Waals surface area contributed by atoms with E-state index in [1.807, 2.05) is 0 Å². The molecule has 0 aliphatic rings. The summed E-state index contributed by atoms with van der Waals surface area (Å²) >= 11 is 0. The van der Waals surface area contributed by atoms with Crippen molar-refractivity contribution >= 4 is 18.6 Å². The molecule has 1 aromatic rings. The minimum absolute atomic E-state index is 0.257. The van der Waals surface area contributed by atoms with Crippen molar-refractivity contribution in [2.45, 2.75) is 4.90 Å². The topological polar surface area (TPSA) is 119 Å². The van der Waals surface area contributed by atoms with Crippen molar-refractivity contribution in [2.75, 3.05) is 0 Å². The maximum atomic E-state index is 10.8. The second kappa shape index (κ2) is 4.84. The first-order chi connectivity index (χ1) is 6.91. The van der Waals surface area contributed by atoms with Crippen LogP contribution in [0.15, 0.2) is 29.2 Å². The van der Waals surface area contributed by atoms with E-state index >= 15 is 0 Å². The number of benzene rings is 1. The van der Waals surface area contributed by atoms with Crippen LogP contribution in [0.4, 0.5) is 0 Å². The molecule has 1 unspecified atom stereocenters. The van der Waals surface area contributed by atoms with E-state index in [4.69, 9.17) is 15.0 Å². The second-order valence-electron chi connectivity index (χ2n) is 2.38. The van der Waals surface area contributed by atoms with Crippen molar-refractivity contribution in [3.05, 3.63) is 24.3 Å². The summed E-state index contributed by atoms with van der Waals surface area (Å²) < 4.78 is 34.6. The number of rotatable bonds is 4. The third-order valence-electron chi connectivity index (χ3n) is 1.33. The van der Waals surface area contributed by atoms with Gasteiger partial charge in [0.2, 0.25) is 0 Å². The zero-order chi connectivity index (χ0) is 11.5. The Morgan fingerprint density at radius 2 is 1.93 bits per heavy atom. The van der Waals surface area contributed by atoms with Gasteiger partial charge in [-0.2, -0.15) is 8.42 Å². The molecule has 0 amide bonds. The lowest BCUT2D eigenvalue weighted by Gasteiger charge is -2.07. The van der Waals surface area contributed by atoms with E-state index in [-0.39, 0.29) is 5.75 Å². The first-order valence-corrected chi connectivity index (χ1v) is 6.28. The lowest BCUT2D eigenvalue weighted by molar-refractivity contribution is -0.101. The van der Waals surface area contributed by atoms with Gasteiger partial charge in [0.15, 0.2) is 5.75 Å². The average Bonchev–Trinajstić information content (AvgIpc) is 2.13. The fourth-order valence-corrected chi connectivity index (χ4v) is 1.57. The number of hydrogen-bond acceptors (Lipinski definition) is 6. The van der Waals surface area contributed by atoms with Crippen LogP contribution in [0.2, 0.25) is 0 Å². The van der Waals surface area contributed by atoms with Gasteiger partial charge >= 0.3 is 0 Å². The van der Waals surface area contributed by atoms with E-state index in [9.17, 15) is 8.42 Å². The van der Waals surface area contributed by atoms with Crippen LogP contribution < -0.4 is 10.4 Å². The first-order valence-electron chi connectivity index (χ1n) is 3.56. The third kappa shape index (κ3) is 3.71. The number of para-hydroxylation sites is 1. The molecule has 4 N–H and O–H groups in total. The van der Waals surface area contributed by atoms with Crippen molar-refractivity contribution in [3.8, 4) is 5.75 Å². The molecule has 9 heteroatoms. The summed E-state index contributed by atoms with van der Waals surface area (Å²) in [5, 5.41) is 0. The molecule has 0 aliphatic heterocycles. The van der Waals surface area contributed by atoms with E-state index in [1.54, 1.807) is 0 Å². The zero-order valence-corrected chi connectivity index (χ0v) is 8.98. The first kappa shape index (κ1) is 12.3. The minimum Gasteiger partial charge on any atom is -0.336 e. The maximum Gasteiger partial charge on any atom is 0.298 e. The van der Waals surface area contributed by atoms with Gasteiger partial charge in [0, 0.05) is 0 Å². The Hall–Kier alpha value is -0.760. The summed E-state index contributed by atoms with van der Waals surface area (Å²) in [6, 6.07) is 5.20. The highest BCUT2D eigenvalue weighted by atomic mass is 32.2. The summed E-state index contributed by atoms with van der Waals surface area (Å²) in [5.74, 6) is -0.257. The molecule has 0 aliphatic carbocycles. The zero-order valence-electron chi connectivity index (χ0n) is 7.27.